The summed E-state index contributed by atoms with van der Waals surface area (Å²) >= 11 is 6.05. The fraction of sp³-hybridized carbons (Fsp3) is 0.105. The highest BCUT2D eigenvalue weighted by atomic mass is 35.5. The van der Waals surface area contributed by atoms with Crippen LogP contribution in [0.2, 0.25) is 5.02 Å². The van der Waals surface area contributed by atoms with Crippen LogP contribution in [-0.2, 0) is 4.79 Å². The van der Waals surface area contributed by atoms with Gasteiger partial charge in [-0.05, 0) is 31.2 Å². The number of benzene rings is 2. The van der Waals surface area contributed by atoms with Crippen molar-refractivity contribution in [2.75, 3.05) is 10.6 Å². The number of non-ortho nitro benzene ring substituents is 1. The summed E-state index contributed by atoms with van der Waals surface area (Å²) in [5, 5.41) is 36.1. The second-order valence-electron chi connectivity index (χ2n) is 6.36. The number of hydrogen-bond donors (Lipinski definition) is 4. The van der Waals surface area contributed by atoms with Crippen LogP contribution >= 0.6 is 11.6 Å². The summed E-state index contributed by atoms with van der Waals surface area (Å²) in [5.74, 6) is -3.38. The number of rotatable bonds is 5. The number of halogens is 1. The lowest BCUT2D eigenvalue weighted by molar-refractivity contribution is -0.384. The Kier molecular flexibility index (Phi) is 5.43. The molecule has 1 aliphatic carbocycles. The van der Waals surface area contributed by atoms with Crippen LogP contribution in [0, 0.1) is 10.1 Å². The maximum absolute atomic E-state index is 12.4. The van der Waals surface area contributed by atoms with E-state index < -0.39 is 56.1 Å². The van der Waals surface area contributed by atoms with Crippen molar-refractivity contribution >= 4 is 46.1 Å². The number of anilines is 2. The number of phenolic OH excluding ortho intramolecular Hbond substituents is 2. The lowest BCUT2D eigenvalue weighted by atomic mass is 9.92. The van der Waals surface area contributed by atoms with Gasteiger partial charge in [-0.3, -0.25) is 24.5 Å². The van der Waals surface area contributed by atoms with Gasteiger partial charge in [0.05, 0.1) is 16.1 Å². The Morgan fingerprint density at radius 2 is 1.60 bits per heavy atom. The number of phenols is 2. The van der Waals surface area contributed by atoms with Crippen molar-refractivity contribution in [3.8, 4) is 11.5 Å². The molecular formula is C19H14ClN3O7. The minimum Gasteiger partial charge on any atom is -0.505 e. The number of carbonyl (C=O) groups is 3. The monoisotopic (exact) mass is 431 g/mol. The molecule has 1 amide bonds. The minimum atomic E-state index is -1.02. The molecule has 11 heteroatoms. The molecule has 0 spiro atoms. The Morgan fingerprint density at radius 3 is 2.13 bits per heavy atom. The van der Waals surface area contributed by atoms with Gasteiger partial charge in [-0.2, -0.15) is 0 Å². The van der Waals surface area contributed by atoms with E-state index in [0.29, 0.717) is 0 Å². The molecule has 0 saturated carbocycles. The number of fused-ring (bicyclic) bond motifs is 1. The Hall–Kier alpha value is -3.92. The second kappa shape index (κ2) is 7.84. The van der Waals surface area contributed by atoms with E-state index in [-0.39, 0.29) is 17.1 Å². The molecule has 30 heavy (non-hydrogen) atoms. The third-order valence-corrected chi connectivity index (χ3v) is 4.73. The van der Waals surface area contributed by atoms with Crippen LogP contribution in [0.15, 0.2) is 36.4 Å². The van der Waals surface area contributed by atoms with E-state index in [1.54, 1.807) is 0 Å². The van der Waals surface area contributed by atoms with Gasteiger partial charge >= 0.3 is 0 Å². The Bertz CT molecular complexity index is 1130. The standard InChI is InChI=1S/C19H14ClN3O7/c1-8(19(28)22-9-2-4-10(5-3-9)23(29)30)21-16-15(20)17(26)13-11(24)6-7-12(25)14(13)18(16)27/h2-8,21,26-27H,1H3,(H,22,28)/t8-/m0/s1. The summed E-state index contributed by atoms with van der Waals surface area (Å²) in [6.45, 7) is 1.42. The zero-order chi connectivity index (χ0) is 22.2. The number of allylic oxidation sites excluding steroid dienone is 2. The number of hydrogen-bond acceptors (Lipinski definition) is 8. The number of nitrogens with one attached hydrogen (secondary N) is 2. The zero-order valence-electron chi connectivity index (χ0n) is 15.3. The Balaban J connectivity index is 1.85. The summed E-state index contributed by atoms with van der Waals surface area (Å²) in [7, 11) is 0. The summed E-state index contributed by atoms with van der Waals surface area (Å²) < 4.78 is 0. The second-order valence-corrected chi connectivity index (χ2v) is 6.74. The molecule has 0 unspecified atom stereocenters. The summed E-state index contributed by atoms with van der Waals surface area (Å²) in [4.78, 5) is 46.6. The largest absolute Gasteiger partial charge is 0.505 e. The number of amides is 1. The molecule has 0 aromatic heterocycles. The van der Waals surface area contributed by atoms with Crippen LogP contribution in [0.4, 0.5) is 17.1 Å². The van der Waals surface area contributed by atoms with E-state index in [0.717, 1.165) is 12.2 Å². The van der Waals surface area contributed by atoms with Crippen molar-refractivity contribution in [1.29, 1.82) is 0 Å². The first-order chi connectivity index (χ1) is 14.1. The third kappa shape index (κ3) is 3.67. The molecule has 0 bridgehead atoms. The van der Waals surface area contributed by atoms with Crippen molar-refractivity contribution in [2.24, 2.45) is 0 Å². The van der Waals surface area contributed by atoms with Crippen LogP contribution in [0.1, 0.15) is 27.6 Å². The lowest BCUT2D eigenvalue weighted by Crippen LogP contribution is -2.32. The smallest absolute Gasteiger partial charge is 0.269 e. The number of nitro groups is 1. The quantitative estimate of drug-likeness (QED) is 0.243. The average molecular weight is 432 g/mol. The van der Waals surface area contributed by atoms with Crippen LogP contribution < -0.4 is 10.6 Å². The number of carbonyl (C=O) groups excluding carboxylic acids is 3. The average Bonchev–Trinajstić information content (AvgIpc) is 2.71. The number of ketones is 2. The Morgan fingerprint density at radius 1 is 1.07 bits per heavy atom. The summed E-state index contributed by atoms with van der Waals surface area (Å²) in [6, 6.07) is 4.09. The fourth-order valence-corrected chi connectivity index (χ4v) is 3.06. The van der Waals surface area contributed by atoms with Crippen molar-refractivity contribution in [2.45, 2.75) is 13.0 Å². The first kappa shape index (κ1) is 20.8. The molecule has 4 N–H and O–H groups in total. The van der Waals surface area contributed by atoms with Gasteiger partial charge in [0.2, 0.25) is 5.91 Å². The van der Waals surface area contributed by atoms with Crippen molar-refractivity contribution in [1.82, 2.24) is 0 Å². The number of aromatic hydroxyl groups is 2. The van der Waals surface area contributed by atoms with Gasteiger partial charge in [0.25, 0.3) is 5.69 Å². The highest BCUT2D eigenvalue weighted by molar-refractivity contribution is 6.37. The predicted molar refractivity (Wildman–Crippen MR) is 107 cm³/mol. The van der Waals surface area contributed by atoms with Crippen molar-refractivity contribution in [3.63, 3.8) is 0 Å². The molecule has 2 aromatic rings. The summed E-state index contributed by atoms with van der Waals surface area (Å²) in [6.07, 6.45) is 1.90. The topological polar surface area (TPSA) is 159 Å². The van der Waals surface area contributed by atoms with Gasteiger partial charge in [-0.1, -0.05) is 11.6 Å². The van der Waals surface area contributed by atoms with Gasteiger partial charge in [0, 0.05) is 17.8 Å². The van der Waals surface area contributed by atoms with Gasteiger partial charge in [-0.25, -0.2) is 0 Å². The number of nitro benzene ring substituents is 1. The van der Waals surface area contributed by atoms with Crippen LogP contribution in [-0.4, -0.2) is 38.7 Å². The highest BCUT2D eigenvalue weighted by Gasteiger charge is 2.32. The van der Waals surface area contributed by atoms with Gasteiger partial charge in [0.15, 0.2) is 17.3 Å². The normalized spacial score (nSPS) is 13.5. The molecule has 0 aliphatic heterocycles. The predicted octanol–water partition coefficient (Wildman–Crippen LogP) is 3.03. The van der Waals surface area contributed by atoms with Crippen LogP contribution in [0.3, 0.4) is 0 Å². The van der Waals surface area contributed by atoms with Crippen molar-refractivity contribution in [3.05, 3.63) is 62.7 Å². The van der Waals surface area contributed by atoms with Crippen LogP contribution in [0.5, 0.6) is 11.5 Å². The van der Waals surface area contributed by atoms with E-state index in [4.69, 9.17) is 11.6 Å². The number of nitrogens with zero attached hydrogens (tertiary/aromatic N) is 1. The maximum atomic E-state index is 12.4. The van der Waals surface area contributed by atoms with E-state index in [1.165, 1.54) is 31.2 Å². The molecule has 1 atom stereocenters. The van der Waals surface area contributed by atoms with Gasteiger partial charge < -0.3 is 20.8 Å². The molecular weight excluding hydrogens is 418 g/mol. The van der Waals surface area contributed by atoms with Crippen LogP contribution in [0.25, 0.3) is 0 Å². The minimum absolute atomic E-state index is 0.145. The fourth-order valence-electron chi connectivity index (χ4n) is 2.82. The van der Waals surface area contributed by atoms with Gasteiger partial charge in [-0.15, -0.1) is 0 Å². The first-order valence-electron chi connectivity index (χ1n) is 8.47. The first-order valence-corrected chi connectivity index (χ1v) is 8.85. The SMILES string of the molecule is C[C@H](Nc1c(O)c2c(c(O)c1Cl)C(=O)C=CC2=O)C(=O)Nc1ccc([N+](=O)[O-])cc1. The lowest BCUT2D eigenvalue weighted by Gasteiger charge is -2.21. The third-order valence-electron chi connectivity index (χ3n) is 4.37. The zero-order valence-corrected chi connectivity index (χ0v) is 16.1. The van der Waals surface area contributed by atoms with Gasteiger partial charge in [0.1, 0.15) is 22.5 Å². The molecule has 0 radical (unpaired) electrons. The molecule has 0 fully saturated rings. The van der Waals surface area contributed by atoms with E-state index in [1.807, 2.05) is 0 Å². The molecule has 0 heterocycles. The molecule has 3 rings (SSSR count). The molecule has 2 aromatic carbocycles. The highest BCUT2D eigenvalue weighted by Crippen LogP contribution is 2.46. The molecule has 154 valence electrons. The maximum Gasteiger partial charge on any atom is 0.269 e. The van der Waals surface area contributed by atoms with E-state index in [2.05, 4.69) is 10.6 Å². The van der Waals surface area contributed by atoms with E-state index >= 15 is 0 Å². The Labute approximate surface area is 173 Å². The molecule has 1 aliphatic rings. The van der Waals surface area contributed by atoms with E-state index in [9.17, 15) is 34.7 Å². The summed E-state index contributed by atoms with van der Waals surface area (Å²) in [5.41, 5.74) is -0.994. The van der Waals surface area contributed by atoms with Crippen molar-refractivity contribution < 1.29 is 29.5 Å². The molecule has 10 nitrogen and oxygen atoms in total. The molecule has 0 saturated heterocycles.